The lowest BCUT2D eigenvalue weighted by Gasteiger charge is -2.22. The van der Waals surface area contributed by atoms with Gasteiger partial charge in [0, 0.05) is 38.6 Å². The van der Waals surface area contributed by atoms with Crippen molar-refractivity contribution in [2.45, 2.75) is 19.8 Å². The van der Waals surface area contributed by atoms with Gasteiger partial charge in [-0.1, -0.05) is 24.3 Å². The first-order chi connectivity index (χ1) is 11.6. The fraction of sp³-hybridized carbons (Fsp3) is 0.368. The van der Waals surface area contributed by atoms with E-state index >= 15 is 0 Å². The lowest BCUT2D eigenvalue weighted by molar-refractivity contribution is -0.130. The smallest absolute Gasteiger partial charge is 0.255 e. The summed E-state index contributed by atoms with van der Waals surface area (Å²) in [5, 5.41) is 0. The topological polar surface area (TPSA) is 56.4 Å². The molecule has 0 spiro atoms. The highest BCUT2D eigenvalue weighted by Crippen LogP contribution is 2.12. The number of nitrogens with one attached hydrogen (secondary N) is 1. The van der Waals surface area contributed by atoms with Crippen LogP contribution in [0.25, 0.3) is 0 Å². The Bertz CT molecular complexity index is 709. The highest BCUT2D eigenvalue weighted by atomic mass is 16.2. The molecule has 0 aliphatic carbocycles. The Hall–Kier alpha value is -2.56. The van der Waals surface area contributed by atoms with E-state index in [9.17, 15) is 9.59 Å². The molecule has 2 heterocycles. The SMILES string of the molecule is Cc1ccccc1CC(=O)N1CCCN(C(=O)c2cc[nH]c2)CC1. The predicted octanol–water partition coefficient (Wildman–Crippen LogP) is 2.24. The largest absolute Gasteiger partial charge is 0.367 e. The molecule has 0 saturated carbocycles. The van der Waals surface area contributed by atoms with Crippen LogP contribution in [0.15, 0.2) is 42.7 Å². The molecule has 1 aromatic heterocycles. The number of amides is 2. The number of aromatic amines is 1. The molecule has 1 fully saturated rings. The third-order valence-corrected chi connectivity index (χ3v) is 4.58. The highest BCUT2D eigenvalue weighted by Gasteiger charge is 2.23. The summed E-state index contributed by atoms with van der Waals surface area (Å²) >= 11 is 0. The molecule has 24 heavy (non-hydrogen) atoms. The summed E-state index contributed by atoms with van der Waals surface area (Å²) in [6.07, 6.45) is 4.71. The van der Waals surface area contributed by atoms with E-state index in [0.717, 1.165) is 17.5 Å². The molecule has 2 aromatic rings. The molecular formula is C19H23N3O2. The Morgan fingerprint density at radius 2 is 1.79 bits per heavy atom. The number of carbonyl (C=O) groups is 2. The molecular weight excluding hydrogens is 302 g/mol. The molecule has 1 saturated heterocycles. The Labute approximate surface area is 142 Å². The Kier molecular flexibility index (Phi) is 4.99. The molecule has 0 unspecified atom stereocenters. The minimum Gasteiger partial charge on any atom is -0.367 e. The van der Waals surface area contributed by atoms with E-state index in [1.807, 2.05) is 41.0 Å². The second-order valence-corrected chi connectivity index (χ2v) is 6.23. The number of nitrogens with zero attached hydrogens (tertiary/aromatic N) is 2. The van der Waals surface area contributed by atoms with Crippen LogP contribution in [0.4, 0.5) is 0 Å². The van der Waals surface area contributed by atoms with Crippen LogP contribution in [0.3, 0.4) is 0 Å². The van der Waals surface area contributed by atoms with E-state index in [1.54, 1.807) is 18.5 Å². The number of aryl methyl sites for hydroxylation is 1. The van der Waals surface area contributed by atoms with Gasteiger partial charge in [-0.05, 0) is 30.5 Å². The molecule has 0 bridgehead atoms. The van der Waals surface area contributed by atoms with Gasteiger partial charge in [-0.3, -0.25) is 9.59 Å². The van der Waals surface area contributed by atoms with Crippen LogP contribution in [0.5, 0.6) is 0 Å². The average Bonchev–Trinajstić information content (AvgIpc) is 3.00. The van der Waals surface area contributed by atoms with Crippen LogP contribution in [-0.2, 0) is 11.2 Å². The van der Waals surface area contributed by atoms with E-state index in [1.165, 1.54) is 0 Å². The number of benzene rings is 1. The zero-order valence-corrected chi connectivity index (χ0v) is 14.0. The van der Waals surface area contributed by atoms with Crippen LogP contribution < -0.4 is 0 Å². The summed E-state index contributed by atoms with van der Waals surface area (Å²) in [7, 11) is 0. The van der Waals surface area contributed by atoms with E-state index in [2.05, 4.69) is 4.98 Å². The lowest BCUT2D eigenvalue weighted by atomic mass is 10.1. The van der Waals surface area contributed by atoms with Gasteiger partial charge in [0.25, 0.3) is 5.91 Å². The van der Waals surface area contributed by atoms with E-state index in [0.29, 0.717) is 38.2 Å². The quantitative estimate of drug-likeness (QED) is 0.941. The summed E-state index contributed by atoms with van der Waals surface area (Å²) in [6, 6.07) is 9.78. The van der Waals surface area contributed by atoms with Gasteiger partial charge in [0.05, 0.1) is 12.0 Å². The molecule has 5 heteroatoms. The van der Waals surface area contributed by atoms with Gasteiger partial charge in [0.2, 0.25) is 5.91 Å². The van der Waals surface area contributed by atoms with Crippen LogP contribution >= 0.6 is 0 Å². The van der Waals surface area contributed by atoms with Gasteiger partial charge >= 0.3 is 0 Å². The van der Waals surface area contributed by atoms with Gasteiger partial charge in [-0.2, -0.15) is 0 Å². The number of carbonyl (C=O) groups excluding carboxylic acids is 2. The lowest BCUT2D eigenvalue weighted by Crippen LogP contribution is -2.38. The van der Waals surface area contributed by atoms with Crippen LogP contribution in [-0.4, -0.2) is 52.8 Å². The molecule has 0 radical (unpaired) electrons. The summed E-state index contributed by atoms with van der Waals surface area (Å²) in [6.45, 7) is 4.62. The number of aromatic nitrogens is 1. The summed E-state index contributed by atoms with van der Waals surface area (Å²) < 4.78 is 0. The molecule has 1 aliphatic heterocycles. The van der Waals surface area contributed by atoms with Crippen molar-refractivity contribution in [3.05, 3.63) is 59.4 Å². The van der Waals surface area contributed by atoms with Gasteiger partial charge in [-0.15, -0.1) is 0 Å². The molecule has 2 amide bonds. The second kappa shape index (κ2) is 7.34. The second-order valence-electron chi connectivity index (χ2n) is 6.23. The zero-order chi connectivity index (χ0) is 16.9. The maximum atomic E-state index is 12.6. The van der Waals surface area contributed by atoms with Crippen LogP contribution in [0, 0.1) is 6.92 Å². The van der Waals surface area contributed by atoms with E-state index in [4.69, 9.17) is 0 Å². The van der Waals surface area contributed by atoms with Crippen LogP contribution in [0.2, 0.25) is 0 Å². The van der Waals surface area contributed by atoms with Crippen molar-refractivity contribution in [2.75, 3.05) is 26.2 Å². The molecule has 1 aromatic carbocycles. The molecule has 126 valence electrons. The van der Waals surface area contributed by atoms with E-state index < -0.39 is 0 Å². The third-order valence-electron chi connectivity index (χ3n) is 4.58. The first-order valence-electron chi connectivity index (χ1n) is 8.39. The van der Waals surface area contributed by atoms with E-state index in [-0.39, 0.29) is 11.8 Å². The number of hydrogen-bond acceptors (Lipinski definition) is 2. The Balaban J connectivity index is 1.60. The number of rotatable bonds is 3. The number of H-pyrrole nitrogens is 1. The molecule has 3 rings (SSSR count). The van der Waals surface area contributed by atoms with Crippen LogP contribution in [0.1, 0.15) is 27.9 Å². The van der Waals surface area contributed by atoms with Crippen molar-refractivity contribution >= 4 is 11.8 Å². The van der Waals surface area contributed by atoms with Crippen molar-refractivity contribution in [1.29, 1.82) is 0 Å². The van der Waals surface area contributed by atoms with Gasteiger partial charge < -0.3 is 14.8 Å². The Morgan fingerprint density at radius 1 is 1.04 bits per heavy atom. The first-order valence-corrected chi connectivity index (χ1v) is 8.39. The molecule has 1 aliphatic rings. The highest BCUT2D eigenvalue weighted by molar-refractivity contribution is 5.94. The van der Waals surface area contributed by atoms with Crippen molar-refractivity contribution in [3.8, 4) is 0 Å². The fourth-order valence-electron chi connectivity index (χ4n) is 3.09. The third kappa shape index (κ3) is 3.67. The van der Waals surface area contributed by atoms with Crippen molar-refractivity contribution in [2.24, 2.45) is 0 Å². The van der Waals surface area contributed by atoms with Crippen molar-refractivity contribution in [1.82, 2.24) is 14.8 Å². The van der Waals surface area contributed by atoms with Crippen molar-refractivity contribution < 1.29 is 9.59 Å². The van der Waals surface area contributed by atoms with Gasteiger partial charge in [-0.25, -0.2) is 0 Å². The number of hydrogen-bond donors (Lipinski definition) is 1. The fourth-order valence-corrected chi connectivity index (χ4v) is 3.09. The monoisotopic (exact) mass is 325 g/mol. The summed E-state index contributed by atoms with van der Waals surface area (Å²) in [4.78, 5) is 31.7. The predicted molar refractivity (Wildman–Crippen MR) is 92.8 cm³/mol. The summed E-state index contributed by atoms with van der Waals surface area (Å²) in [5.41, 5.74) is 2.90. The maximum Gasteiger partial charge on any atom is 0.255 e. The standard InChI is InChI=1S/C19H23N3O2/c1-15-5-2-3-6-16(15)13-18(23)21-9-4-10-22(12-11-21)19(24)17-7-8-20-14-17/h2-3,5-8,14,20H,4,9-13H2,1H3. The molecule has 5 nitrogen and oxygen atoms in total. The minimum atomic E-state index is 0.0319. The first kappa shape index (κ1) is 16.3. The normalized spacial score (nSPS) is 15.2. The van der Waals surface area contributed by atoms with Gasteiger partial charge in [0.1, 0.15) is 0 Å². The average molecular weight is 325 g/mol. The summed E-state index contributed by atoms with van der Waals surface area (Å²) in [5.74, 6) is 0.171. The minimum absolute atomic E-state index is 0.0319. The molecule has 1 N–H and O–H groups in total. The van der Waals surface area contributed by atoms with Crippen molar-refractivity contribution in [3.63, 3.8) is 0 Å². The van der Waals surface area contributed by atoms with Gasteiger partial charge in [0.15, 0.2) is 0 Å². The zero-order valence-electron chi connectivity index (χ0n) is 14.0. The molecule has 0 atom stereocenters. The maximum absolute atomic E-state index is 12.6. The Morgan fingerprint density at radius 3 is 2.54 bits per heavy atom.